The second-order valence-electron chi connectivity index (χ2n) is 4.94. The Morgan fingerprint density at radius 3 is 2.50 bits per heavy atom. The Labute approximate surface area is 96.4 Å². The number of nitrogens with one attached hydrogen (secondary N) is 1. The van der Waals surface area contributed by atoms with Gasteiger partial charge in [0.15, 0.2) is 0 Å². The molecule has 1 saturated carbocycles. The molecule has 4 unspecified atom stereocenters. The third kappa shape index (κ3) is 2.97. The Morgan fingerprint density at radius 2 is 1.94 bits per heavy atom. The van der Waals surface area contributed by atoms with E-state index >= 15 is 0 Å². The van der Waals surface area contributed by atoms with E-state index in [1.807, 2.05) is 0 Å². The molecular weight excluding hydrogens is 206 g/mol. The van der Waals surface area contributed by atoms with E-state index in [1.165, 1.54) is 13.3 Å². The number of rotatable bonds is 3. The number of carbonyl (C=O) groups excluding carboxylic acids is 1. The van der Waals surface area contributed by atoms with Crippen molar-refractivity contribution in [3.05, 3.63) is 0 Å². The summed E-state index contributed by atoms with van der Waals surface area (Å²) in [4.78, 5) is 22.3. The van der Waals surface area contributed by atoms with E-state index in [4.69, 9.17) is 5.11 Å². The van der Waals surface area contributed by atoms with Crippen LogP contribution in [0.4, 0.5) is 0 Å². The Balaban J connectivity index is 2.53. The Morgan fingerprint density at radius 1 is 1.31 bits per heavy atom. The van der Waals surface area contributed by atoms with E-state index in [9.17, 15) is 9.59 Å². The second kappa shape index (κ2) is 5.32. The Hall–Kier alpha value is -1.06. The quantitative estimate of drug-likeness (QED) is 0.720. The van der Waals surface area contributed by atoms with Gasteiger partial charge in [0.25, 0.3) is 0 Å². The van der Waals surface area contributed by atoms with E-state index < -0.39 is 11.9 Å². The minimum Gasteiger partial charge on any atom is -0.481 e. The number of aliphatic carboxylic acids is 1. The number of hydrogen-bond acceptors (Lipinski definition) is 2. The van der Waals surface area contributed by atoms with Crippen LogP contribution in [-0.4, -0.2) is 23.0 Å². The van der Waals surface area contributed by atoms with E-state index in [-0.39, 0.29) is 11.9 Å². The van der Waals surface area contributed by atoms with Gasteiger partial charge in [-0.25, -0.2) is 0 Å². The van der Waals surface area contributed by atoms with Gasteiger partial charge in [-0.3, -0.25) is 9.59 Å². The lowest BCUT2D eigenvalue weighted by Gasteiger charge is -2.34. The second-order valence-corrected chi connectivity index (χ2v) is 4.94. The fourth-order valence-corrected chi connectivity index (χ4v) is 2.21. The van der Waals surface area contributed by atoms with Crippen LogP contribution < -0.4 is 5.32 Å². The first kappa shape index (κ1) is 13.0. The molecule has 0 saturated heterocycles. The SMILES string of the molecule is CC(C(=O)O)C(=O)NC1CCCC(C)C1C. The summed E-state index contributed by atoms with van der Waals surface area (Å²) >= 11 is 0. The molecule has 92 valence electrons. The van der Waals surface area contributed by atoms with Crippen LogP contribution in [0.3, 0.4) is 0 Å². The third-order valence-corrected chi connectivity index (χ3v) is 3.80. The summed E-state index contributed by atoms with van der Waals surface area (Å²) in [5.41, 5.74) is 0. The average molecular weight is 227 g/mol. The number of hydrogen-bond donors (Lipinski definition) is 2. The molecule has 0 aliphatic heterocycles. The van der Waals surface area contributed by atoms with Crippen molar-refractivity contribution in [1.29, 1.82) is 0 Å². The van der Waals surface area contributed by atoms with Crippen molar-refractivity contribution in [1.82, 2.24) is 5.32 Å². The van der Waals surface area contributed by atoms with Gasteiger partial charge in [-0.2, -0.15) is 0 Å². The molecule has 0 spiro atoms. The highest BCUT2D eigenvalue weighted by molar-refractivity contribution is 5.96. The van der Waals surface area contributed by atoms with Crippen LogP contribution in [0, 0.1) is 17.8 Å². The lowest BCUT2D eigenvalue weighted by molar-refractivity contribution is -0.146. The lowest BCUT2D eigenvalue weighted by atomic mass is 9.78. The molecule has 1 aliphatic carbocycles. The number of carboxylic acids is 1. The third-order valence-electron chi connectivity index (χ3n) is 3.80. The van der Waals surface area contributed by atoms with E-state index in [1.54, 1.807) is 0 Å². The zero-order valence-electron chi connectivity index (χ0n) is 10.2. The molecule has 2 N–H and O–H groups in total. The largest absolute Gasteiger partial charge is 0.481 e. The molecule has 4 atom stereocenters. The molecule has 0 heterocycles. The van der Waals surface area contributed by atoms with Gasteiger partial charge in [0.2, 0.25) is 5.91 Å². The molecule has 0 bridgehead atoms. The minimum atomic E-state index is -1.06. The van der Waals surface area contributed by atoms with Crippen molar-refractivity contribution in [3.8, 4) is 0 Å². The van der Waals surface area contributed by atoms with Crippen LogP contribution in [0.1, 0.15) is 40.0 Å². The van der Waals surface area contributed by atoms with Crippen molar-refractivity contribution in [3.63, 3.8) is 0 Å². The van der Waals surface area contributed by atoms with Gasteiger partial charge < -0.3 is 10.4 Å². The molecule has 0 aromatic carbocycles. The van der Waals surface area contributed by atoms with E-state index in [0.717, 1.165) is 12.8 Å². The summed E-state index contributed by atoms with van der Waals surface area (Å²) in [6.45, 7) is 5.73. The lowest BCUT2D eigenvalue weighted by Crippen LogP contribution is -2.46. The molecule has 1 amide bonds. The minimum absolute atomic E-state index is 0.137. The number of amides is 1. The summed E-state index contributed by atoms with van der Waals surface area (Å²) in [5.74, 6) is -1.35. The fourth-order valence-electron chi connectivity index (χ4n) is 2.21. The predicted molar refractivity (Wildman–Crippen MR) is 60.9 cm³/mol. The van der Waals surface area contributed by atoms with Gasteiger partial charge in [0.05, 0.1) is 0 Å². The molecule has 4 heteroatoms. The predicted octanol–water partition coefficient (Wildman–Crippen LogP) is 1.65. The molecule has 0 aromatic rings. The maximum atomic E-state index is 11.6. The monoisotopic (exact) mass is 227 g/mol. The molecule has 16 heavy (non-hydrogen) atoms. The van der Waals surface area contributed by atoms with Crippen LogP contribution in [0.25, 0.3) is 0 Å². The highest BCUT2D eigenvalue weighted by Crippen LogP contribution is 2.29. The summed E-state index contributed by atoms with van der Waals surface area (Å²) < 4.78 is 0. The van der Waals surface area contributed by atoms with Gasteiger partial charge in [0, 0.05) is 6.04 Å². The summed E-state index contributed by atoms with van der Waals surface area (Å²) in [6, 6.07) is 0.137. The fraction of sp³-hybridized carbons (Fsp3) is 0.833. The highest BCUT2D eigenvalue weighted by atomic mass is 16.4. The maximum absolute atomic E-state index is 11.6. The average Bonchev–Trinajstić information content (AvgIpc) is 2.23. The van der Waals surface area contributed by atoms with E-state index in [0.29, 0.717) is 11.8 Å². The van der Waals surface area contributed by atoms with Crippen molar-refractivity contribution in [2.45, 2.75) is 46.1 Å². The molecule has 4 nitrogen and oxygen atoms in total. The standard InChI is InChI=1S/C12H21NO3/c1-7-5-4-6-10(8(7)2)13-11(14)9(3)12(15)16/h7-10H,4-6H2,1-3H3,(H,13,14)(H,15,16). The van der Waals surface area contributed by atoms with Crippen LogP contribution in [-0.2, 0) is 9.59 Å². The van der Waals surface area contributed by atoms with Gasteiger partial charge >= 0.3 is 5.97 Å². The first-order valence-electron chi connectivity index (χ1n) is 5.96. The maximum Gasteiger partial charge on any atom is 0.315 e. The number of carbonyl (C=O) groups is 2. The first-order valence-corrected chi connectivity index (χ1v) is 5.96. The normalized spacial score (nSPS) is 31.8. The van der Waals surface area contributed by atoms with Gasteiger partial charge in [-0.1, -0.05) is 26.7 Å². The van der Waals surface area contributed by atoms with Crippen molar-refractivity contribution in [2.24, 2.45) is 17.8 Å². The zero-order valence-corrected chi connectivity index (χ0v) is 10.2. The molecular formula is C12H21NO3. The molecule has 1 fully saturated rings. The van der Waals surface area contributed by atoms with Crippen LogP contribution in [0.15, 0.2) is 0 Å². The smallest absolute Gasteiger partial charge is 0.315 e. The Kier molecular flexibility index (Phi) is 4.33. The van der Waals surface area contributed by atoms with E-state index in [2.05, 4.69) is 19.2 Å². The summed E-state index contributed by atoms with van der Waals surface area (Å²) in [6.07, 6.45) is 3.27. The number of carboxylic acid groups (broad SMARTS) is 1. The topological polar surface area (TPSA) is 66.4 Å². The molecule has 1 aliphatic rings. The highest BCUT2D eigenvalue weighted by Gasteiger charge is 2.30. The van der Waals surface area contributed by atoms with Crippen molar-refractivity contribution >= 4 is 11.9 Å². The van der Waals surface area contributed by atoms with Crippen molar-refractivity contribution < 1.29 is 14.7 Å². The van der Waals surface area contributed by atoms with Crippen LogP contribution >= 0.6 is 0 Å². The van der Waals surface area contributed by atoms with Crippen LogP contribution in [0.5, 0.6) is 0 Å². The van der Waals surface area contributed by atoms with Gasteiger partial charge in [-0.05, 0) is 25.2 Å². The summed E-state index contributed by atoms with van der Waals surface area (Å²) in [5, 5.41) is 11.6. The van der Waals surface area contributed by atoms with Gasteiger partial charge in [-0.15, -0.1) is 0 Å². The van der Waals surface area contributed by atoms with Crippen LogP contribution in [0.2, 0.25) is 0 Å². The first-order chi connectivity index (χ1) is 7.43. The zero-order chi connectivity index (χ0) is 12.3. The molecule has 0 aromatic heterocycles. The Bertz CT molecular complexity index is 277. The summed E-state index contributed by atoms with van der Waals surface area (Å²) in [7, 11) is 0. The molecule has 1 rings (SSSR count). The van der Waals surface area contributed by atoms with Gasteiger partial charge in [0.1, 0.15) is 5.92 Å². The van der Waals surface area contributed by atoms with Crippen molar-refractivity contribution in [2.75, 3.05) is 0 Å². The molecule has 0 radical (unpaired) electrons.